The molecule has 0 unspecified atom stereocenters. The van der Waals surface area contributed by atoms with E-state index in [1.165, 1.54) is 9.21 Å². The van der Waals surface area contributed by atoms with Crippen molar-refractivity contribution in [2.24, 2.45) is 0 Å². The number of nitrogens with zero attached hydrogens (tertiary/aromatic N) is 2. The van der Waals surface area contributed by atoms with Crippen molar-refractivity contribution in [1.82, 2.24) is 9.21 Å². The van der Waals surface area contributed by atoms with Crippen molar-refractivity contribution in [3.8, 4) is 0 Å². The van der Waals surface area contributed by atoms with Gasteiger partial charge < -0.3 is 9.64 Å². The minimum absolute atomic E-state index is 0.187. The zero-order chi connectivity index (χ0) is 22.7. The van der Waals surface area contributed by atoms with Crippen molar-refractivity contribution >= 4 is 32.7 Å². The average molecular weight is 453 g/mol. The van der Waals surface area contributed by atoms with E-state index in [1.54, 1.807) is 42.5 Å². The van der Waals surface area contributed by atoms with Crippen LogP contribution in [0.15, 0.2) is 71.6 Å². The van der Waals surface area contributed by atoms with E-state index in [-0.39, 0.29) is 43.6 Å². The molecule has 0 aromatic heterocycles. The van der Waals surface area contributed by atoms with Crippen molar-refractivity contribution in [2.45, 2.75) is 11.8 Å². The first-order chi connectivity index (χ1) is 15.3. The molecule has 32 heavy (non-hydrogen) atoms. The van der Waals surface area contributed by atoms with Gasteiger partial charge in [0.05, 0.1) is 10.5 Å². The van der Waals surface area contributed by atoms with Gasteiger partial charge in [-0.3, -0.25) is 4.79 Å². The lowest BCUT2D eigenvalue weighted by molar-refractivity contribution is -0.135. The fourth-order valence-electron chi connectivity index (χ4n) is 3.65. The highest BCUT2D eigenvalue weighted by molar-refractivity contribution is 7.89. The van der Waals surface area contributed by atoms with E-state index in [0.717, 1.165) is 16.3 Å². The van der Waals surface area contributed by atoms with Crippen LogP contribution in [0.25, 0.3) is 10.8 Å². The number of benzene rings is 3. The number of hydrogen-bond acceptors (Lipinski definition) is 5. The predicted octanol–water partition coefficient (Wildman–Crippen LogP) is 2.84. The van der Waals surface area contributed by atoms with Gasteiger partial charge in [0.15, 0.2) is 6.61 Å². The average Bonchev–Trinajstić information content (AvgIpc) is 2.82. The van der Waals surface area contributed by atoms with E-state index in [9.17, 15) is 18.0 Å². The van der Waals surface area contributed by atoms with Crippen LogP contribution in [0.5, 0.6) is 0 Å². The molecule has 4 rings (SSSR count). The van der Waals surface area contributed by atoms with E-state index in [2.05, 4.69) is 0 Å². The third-order valence-electron chi connectivity index (χ3n) is 5.56. The second kappa shape index (κ2) is 9.10. The largest absolute Gasteiger partial charge is 0.452 e. The lowest BCUT2D eigenvalue weighted by atomic mass is 10.1. The van der Waals surface area contributed by atoms with E-state index < -0.39 is 16.0 Å². The Balaban J connectivity index is 1.34. The van der Waals surface area contributed by atoms with Crippen LogP contribution in [0.3, 0.4) is 0 Å². The summed E-state index contributed by atoms with van der Waals surface area (Å²) in [5.74, 6) is -0.899. The first kappa shape index (κ1) is 22.0. The van der Waals surface area contributed by atoms with Gasteiger partial charge in [0, 0.05) is 26.2 Å². The quantitative estimate of drug-likeness (QED) is 0.556. The Kier molecular flexibility index (Phi) is 6.25. The Labute approximate surface area is 187 Å². The first-order valence-corrected chi connectivity index (χ1v) is 11.8. The number of aryl methyl sites for hydroxylation is 1. The fraction of sp³-hybridized carbons (Fsp3) is 0.250. The molecule has 8 heteroatoms. The summed E-state index contributed by atoms with van der Waals surface area (Å²) in [6.45, 7) is 2.41. The maximum absolute atomic E-state index is 13.1. The number of sulfonamides is 1. The van der Waals surface area contributed by atoms with Crippen molar-refractivity contribution in [2.75, 3.05) is 32.8 Å². The second-order valence-electron chi connectivity index (χ2n) is 7.74. The molecule has 0 radical (unpaired) electrons. The molecular weight excluding hydrogens is 428 g/mol. The lowest BCUT2D eigenvalue weighted by Gasteiger charge is -2.33. The molecule has 0 saturated carbocycles. The van der Waals surface area contributed by atoms with E-state index >= 15 is 0 Å². The molecule has 1 saturated heterocycles. The minimum Gasteiger partial charge on any atom is -0.452 e. The fourth-order valence-corrected chi connectivity index (χ4v) is 5.10. The highest BCUT2D eigenvalue weighted by atomic mass is 32.2. The molecule has 0 atom stereocenters. The maximum atomic E-state index is 13.1. The SMILES string of the molecule is Cc1ccc(C(=O)OCC(=O)N2CCN(S(=O)(=O)c3ccc4ccccc4c3)CC2)cc1. The van der Waals surface area contributed by atoms with Crippen LogP contribution in [-0.4, -0.2) is 62.3 Å². The molecular formula is C24H24N2O5S. The molecule has 1 heterocycles. The van der Waals surface area contributed by atoms with Gasteiger partial charge in [-0.15, -0.1) is 0 Å². The third kappa shape index (κ3) is 4.66. The van der Waals surface area contributed by atoms with E-state index in [4.69, 9.17) is 4.74 Å². The monoisotopic (exact) mass is 452 g/mol. The van der Waals surface area contributed by atoms with Gasteiger partial charge in [0.25, 0.3) is 5.91 Å². The van der Waals surface area contributed by atoms with E-state index in [1.807, 2.05) is 31.2 Å². The summed E-state index contributed by atoms with van der Waals surface area (Å²) in [5, 5.41) is 1.83. The summed E-state index contributed by atoms with van der Waals surface area (Å²) < 4.78 is 32.6. The number of piperazine rings is 1. The van der Waals surface area contributed by atoms with Gasteiger partial charge in [-0.2, -0.15) is 4.31 Å². The normalized spacial score (nSPS) is 15.0. The van der Waals surface area contributed by atoms with Gasteiger partial charge in [0.2, 0.25) is 10.0 Å². The Hall–Kier alpha value is -3.23. The molecule has 3 aromatic rings. The van der Waals surface area contributed by atoms with Crippen molar-refractivity contribution < 1.29 is 22.7 Å². The number of rotatable bonds is 5. The number of carbonyl (C=O) groups is 2. The van der Waals surface area contributed by atoms with Crippen LogP contribution in [-0.2, 0) is 19.6 Å². The first-order valence-electron chi connectivity index (χ1n) is 10.3. The van der Waals surface area contributed by atoms with Crippen LogP contribution in [0.2, 0.25) is 0 Å². The highest BCUT2D eigenvalue weighted by Crippen LogP contribution is 2.23. The van der Waals surface area contributed by atoms with Crippen LogP contribution in [0.4, 0.5) is 0 Å². The van der Waals surface area contributed by atoms with Crippen molar-refractivity contribution in [3.05, 3.63) is 77.9 Å². The number of fused-ring (bicyclic) bond motifs is 1. The van der Waals surface area contributed by atoms with Crippen LogP contribution < -0.4 is 0 Å². The summed E-state index contributed by atoms with van der Waals surface area (Å²) in [6, 6.07) is 19.6. The number of amides is 1. The minimum atomic E-state index is -3.66. The summed E-state index contributed by atoms with van der Waals surface area (Å²) in [6.07, 6.45) is 0. The van der Waals surface area contributed by atoms with Gasteiger partial charge in [-0.1, -0.05) is 48.0 Å². The molecule has 1 aliphatic heterocycles. The topological polar surface area (TPSA) is 84.0 Å². The Morgan fingerprint density at radius 3 is 2.22 bits per heavy atom. The number of ether oxygens (including phenoxy) is 1. The second-order valence-corrected chi connectivity index (χ2v) is 9.67. The maximum Gasteiger partial charge on any atom is 0.338 e. The van der Waals surface area contributed by atoms with Gasteiger partial charge in [-0.05, 0) is 42.0 Å². The molecule has 1 fully saturated rings. The molecule has 3 aromatic carbocycles. The number of esters is 1. The summed E-state index contributed by atoms with van der Waals surface area (Å²) >= 11 is 0. The van der Waals surface area contributed by atoms with E-state index in [0.29, 0.717) is 5.56 Å². The lowest BCUT2D eigenvalue weighted by Crippen LogP contribution is -2.51. The third-order valence-corrected chi connectivity index (χ3v) is 7.46. The molecule has 0 spiro atoms. The Morgan fingerprint density at radius 2 is 1.53 bits per heavy atom. The molecule has 1 aliphatic rings. The van der Waals surface area contributed by atoms with Gasteiger partial charge >= 0.3 is 5.97 Å². The molecule has 1 amide bonds. The number of carbonyl (C=O) groups excluding carboxylic acids is 2. The molecule has 0 aliphatic carbocycles. The van der Waals surface area contributed by atoms with Crippen molar-refractivity contribution in [1.29, 1.82) is 0 Å². The van der Waals surface area contributed by atoms with Crippen LogP contribution >= 0.6 is 0 Å². The molecule has 166 valence electrons. The zero-order valence-electron chi connectivity index (χ0n) is 17.7. The summed E-state index contributed by atoms with van der Waals surface area (Å²) in [5.41, 5.74) is 1.41. The summed E-state index contributed by atoms with van der Waals surface area (Å²) in [4.78, 5) is 26.3. The van der Waals surface area contributed by atoms with Crippen LogP contribution in [0, 0.1) is 6.92 Å². The Bertz CT molecular complexity index is 1250. The standard InChI is InChI=1S/C24H24N2O5S/c1-18-6-8-20(9-7-18)24(28)31-17-23(27)25-12-14-26(15-13-25)32(29,30)22-11-10-19-4-2-3-5-21(19)16-22/h2-11,16H,12-15,17H2,1H3. The van der Waals surface area contributed by atoms with Gasteiger partial charge in [0.1, 0.15) is 0 Å². The van der Waals surface area contributed by atoms with Crippen molar-refractivity contribution in [3.63, 3.8) is 0 Å². The molecule has 7 nitrogen and oxygen atoms in total. The Morgan fingerprint density at radius 1 is 0.875 bits per heavy atom. The van der Waals surface area contributed by atoms with Crippen LogP contribution in [0.1, 0.15) is 15.9 Å². The number of hydrogen-bond donors (Lipinski definition) is 0. The predicted molar refractivity (Wildman–Crippen MR) is 121 cm³/mol. The van der Waals surface area contributed by atoms with Gasteiger partial charge in [-0.25, -0.2) is 13.2 Å². The molecule has 0 bridgehead atoms. The summed E-state index contributed by atoms with van der Waals surface area (Å²) in [7, 11) is -3.66. The molecule has 0 N–H and O–H groups in total. The highest BCUT2D eigenvalue weighted by Gasteiger charge is 2.30. The smallest absolute Gasteiger partial charge is 0.338 e. The zero-order valence-corrected chi connectivity index (χ0v) is 18.5.